The Morgan fingerprint density at radius 2 is 0.621 bits per heavy atom. The summed E-state index contributed by atoms with van der Waals surface area (Å²) in [6.45, 7) is 37.9. The Morgan fingerprint density at radius 3 is 0.845 bits per heavy atom. The van der Waals surface area contributed by atoms with Gasteiger partial charge in [-0.25, -0.2) is 0 Å². The van der Waals surface area contributed by atoms with Gasteiger partial charge in [-0.1, -0.05) is 149 Å². The van der Waals surface area contributed by atoms with Gasteiger partial charge >= 0.3 is 0 Å². The van der Waals surface area contributed by atoms with Gasteiger partial charge in [-0.15, -0.1) is 20.5 Å². The molecule has 0 bridgehead atoms. The van der Waals surface area contributed by atoms with Gasteiger partial charge in [-0.05, 0) is 90.1 Å². The van der Waals surface area contributed by atoms with Crippen molar-refractivity contribution in [3.05, 3.63) is 81.9 Å². The molecular formula is C48H66Cu2N4O4. The van der Waals surface area contributed by atoms with Crippen LogP contribution in [0.2, 0.25) is 0 Å². The number of benzene rings is 4. The second kappa shape index (κ2) is 17.1. The van der Waals surface area contributed by atoms with Crippen molar-refractivity contribution < 1.29 is 54.6 Å². The number of aromatic hydroxyl groups is 4. The molecule has 0 fully saturated rings. The predicted molar refractivity (Wildman–Crippen MR) is 232 cm³/mol. The van der Waals surface area contributed by atoms with Crippen molar-refractivity contribution in [3.63, 3.8) is 0 Å². The van der Waals surface area contributed by atoms with Gasteiger partial charge in [0.2, 0.25) is 0 Å². The molecule has 0 aromatic heterocycles. The molecule has 10 heteroatoms. The summed E-state index contributed by atoms with van der Waals surface area (Å²) in [5.41, 5.74) is 6.26. The normalized spacial score (nSPS) is 13.2. The van der Waals surface area contributed by atoms with E-state index in [1.165, 1.54) is 0 Å². The van der Waals surface area contributed by atoms with Crippen LogP contribution in [0.5, 0.6) is 23.0 Å². The molecule has 0 spiro atoms. The smallest absolute Gasteiger partial charge is 0.147 e. The summed E-state index contributed by atoms with van der Waals surface area (Å²) in [7, 11) is 0. The first kappa shape index (κ1) is 50.5. The van der Waals surface area contributed by atoms with Crippen LogP contribution in [-0.2, 0) is 66.6 Å². The van der Waals surface area contributed by atoms with E-state index in [9.17, 15) is 20.4 Å². The van der Waals surface area contributed by atoms with Crippen LogP contribution < -0.4 is 0 Å². The van der Waals surface area contributed by atoms with Gasteiger partial charge in [0.05, 0.1) is 0 Å². The summed E-state index contributed by atoms with van der Waals surface area (Å²) in [6, 6.07) is 14.3. The van der Waals surface area contributed by atoms with Crippen LogP contribution in [0.1, 0.15) is 158 Å². The first-order valence-corrected chi connectivity index (χ1v) is 19.6. The van der Waals surface area contributed by atoms with Crippen LogP contribution in [0.4, 0.5) is 22.7 Å². The number of phenols is 4. The van der Waals surface area contributed by atoms with Gasteiger partial charge in [-0.3, -0.25) is 0 Å². The Balaban J connectivity index is 0.00000580. The Morgan fingerprint density at radius 1 is 0.345 bits per heavy atom. The first-order chi connectivity index (χ1) is 25.2. The largest absolute Gasteiger partial charge is 0.506 e. The fourth-order valence-electron chi connectivity index (χ4n) is 7.14. The van der Waals surface area contributed by atoms with Crippen LogP contribution in [0, 0.1) is 0 Å². The van der Waals surface area contributed by atoms with Crippen molar-refractivity contribution in [2.75, 3.05) is 0 Å². The monoisotopic (exact) mass is 888 g/mol. The molecule has 0 saturated carbocycles. The molecule has 0 amide bonds. The summed E-state index contributed by atoms with van der Waals surface area (Å²) in [4.78, 5) is 0. The van der Waals surface area contributed by atoms with Gasteiger partial charge in [0.15, 0.2) is 0 Å². The van der Waals surface area contributed by atoms with E-state index in [4.69, 9.17) is 0 Å². The van der Waals surface area contributed by atoms with Crippen LogP contribution in [-0.4, -0.2) is 20.4 Å². The van der Waals surface area contributed by atoms with E-state index in [0.717, 1.165) is 33.4 Å². The second-order valence-corrected chi connectivity index (χ2v) is 21.4. The van der Waals surface area contributed by atoms with E-state index < -0.39 is 0 Å². The molecule has 4 aromatic carbocycles. The zero-order valence-corrected chi connectivity index (χ0v) is 39.7. The molecule has 0 atom stereocenters. The summed E-state index contributed by atoms with van der Waals surface area (Å²) in [6.07, 6.45) is 0. The van der Waals surface area contributed by atoms with Crippen molar-refractivity contribution in [3.8, 4) is 34.1 Å². The van der Waals surface area contributed by atoms with E-state index in [0.29, 0.717) is 22.5 Å². The molecule has 0 aliphatic rings. The summed E-state index contributed by atoms with van der Waals surface area (Å²) in [5, 5.41) is 63.8. The summed E-state index contributed by atoms with van der Waals surface area (Å²) in [5.74, 6) is -0.0328. The van der Waals surface area contributed by atoms with Crippen molar-refractivity contribution >= 4 is 22.7 Å². The third-order valence-electron chi connectivity index (χ3n) is 10.1. The van der Waals surface area contributed by atoms with Crippen molar-refractivity contribution in [1.82, 2.24) is 0 Å². The van der Waals surface area contributed by atoms with Gasteiger partial charge in [0.1, 0.15) is 45.7 Å². The Bertz CT molecular complexity index is 2040. The van der Waals surface area contributed by atoms with Crippen LogP contribution in [0.3, 0.4) is 0 Å². The van der Waals surface area contributed by atoms with Gasteiger partial charge in [-0.2, -0.15) is 0 Å². The number of azo groups is 2. The molecule has 0 unspecified atom stereocenters. The average Bonchev–Trinajstić information content (AvgIpc) is 3.00. The fraction of sp³-hybridized carbons (Fsp3) is 0.500. The van der Waals surface area contributed by atoms with E-state index in [2.05, 4.69) is 157 Å². The zero-order valence-electron chi connectivity index (χ0n) is 37.8. The molecule has 4 N–H and O–H groups in total. The second-order valence-electron chi connectivity index (χ2n) is 21.4. The zero-order chi connectivity index (χ0) is 42.7. The maximum atomic E-state index is 11.6. The SMILES string of the molecule is CC(C)(C)c1cc(C(C)(C)C)c(C(C)(C)C)c(N=Nc2ccc(-c3ccc(N=Nc4c(O)c(C(C)(C)C)cc(C(C)(C)C)c4C(C)(C)C)c(O)c3)cc2O)c1O.[Cu].[Cu]. The third kappa shape index (κ3) is 10.9. The summed E-state index contributed by atoms with van der Waals surface area (Å²) < 4.78 is 0. The van der Waals surface area contributed by atoms with Crippen molar-refractivity contribution in [2.24, 2.45) is 20.5 Å². The Hall–Kier alpha value is -3.68. The topological polar surface area (TPSA) is 130 Å². The number of rotatable bonds is 5. The maximum Gasteiger partial charge on any atom is 0.147 e. The maximum absolute atomic E-state index is 11.6. The number of phenolic OH excluding ortho intramolecular Hbond substituents is 4. The van der Waals surface area contributed by atoms with Gasteiger partial charge in [0, 0.05) is 45.3 Å². The fourth-order valence-corrected chi connectivity index (χ4v) is 7.14. The molecule has 0 aliphatic heterocycles. The van der Waals surface area contributed by atoms with Gasteiger partial charge in [0.25, 0.3) is 0 Å². The predicted octanol–water partition coefficient (Wildman–Crippen LogP) is 14.8. The van der Waals surface area contributed by atoms with Crippen molar-refractivity contribution in [1.29, 1.82) is 0 Å². The molecule has 0 saturated heterocycles. The van der Waals surface area contributed by atoms with E-state index in [-0.39, 0.29) is 101 Å². The van der Waals surface area contributed by atoms with E-state index >= 15 is 0 Å². The number of hydrogen-bond acceptors (Lipinski definition) is 8. The minimum Gasteiger partial charge on any atom is -0.506 e. The molecule has 4 aromatic rings. The quantitative estimate of drug-likeness (QED) is 0.117. The molecule has 4 rings (SSSR count). The molecule has 0 heterocycles. The van der Waals surface area contributed by atoms with E-state index in [1.807, 2.05) is 0 Å². The summed E-state index contributed by atoms with van der Waals surface area (Å²) >= 11 is 0. The minimum atomic E-state index is -0.356. The number of hydrogen-bond donors (Lipinski definition) is 4. The van der Waals surface area contributed by atoms with Crippen molar-refractivity contribution in [2.45, 2.75) is 157 Å². The number of nitrogens with zero attached hydrogens (tertiary/aromatic N) is 4. The van der Waals surface area contributed by atoms with Crippen LogP contribution in [0.15, 0.2) is 69.0 Å². The Labute approximate surface area is 369 Å². The standard InChI is InChI=1S/C48H66N4O4.2Cu/c1-43(2,3)29-25-31(45(7,8)9)41(55)39(37(29)47(13,14)15)51-49-33-21-19-27(23-35(33)53)28-20-22-34(36(54)24-28)50-52-40-38(48(16,17)18)30(44(4,5)6)26-32(42(40)56)46(10,11)12;;/h19-26,53-56H,1-18H3;;. The molecule has 0 aliphatic carbocycles. The molecule has 58 heavy (non-hydrogen) atoms. The average molecular weight is 890 g/mol. The molecule has 2 radical (unpaired) electrons. The molecular weight excluding hydrogens is 824 g/mol. The van der Waals surface area contributed by atoms with Crippen LogP contribution in [0.25, 0.3) is 11.1 Å². The molecule has 8 nitrogen and oxygen atoms in total. The van der Waals surface area contributed by atoms with E-state index in [1.54, 1.807) is 36.4 Å². The molecule has 324 valence electrons. The van der Waals surface area contributed by atoms with Gasteiger partial charge < -0.3 is 20.4 Å². The third-order valence-corrected chi connectivity index (χ3v) is 10.1. The minimum absolute atomic E-state index is 0. The first-order valence-electron chi connectivity index (χ1n) is 19.6. The van der Waals surface area contributed by atoms with Crippen LogP contribution >= 0.6 is 0 Å². The Kier molecular flexibility index (Phi) is 14.9.